The highest BCUT2D eigenvalue weighted by Gasteiger charge is 2.34. The number of thiazole rings is 1. The summed E-state index contributed by atoms with van der Waals surface area (Å²) >= 11 is 7.09. The lowest BCUT2D eigenvalue weighted by Gasteiger charge is -2.37. The van der Waals surface area contributed by atoms with Gasteiger partial charge in [-0.15, -0.1) is 0 Å². The van der Waals surface area contributed by atoms with Gasteiger partial charge in [0.15, 0.2) is 5.13 Å². The molecule has 0 aliphatic carbocycles. The number of piperazine rings is 1. The standard InChI is InChI=1S/C30H35ClF3N7O3S/c1-4-44-28(43)19(3)39-10-12-40(13-11-39)25-16-35-23(15-36-25)27(42)38-29-37-26(24(45-29)17-41-9-5-6-18(41)2)20-7-8-22(31)21(14-20)30(32,33)34/h7-8,14-16,18-19H,4-6,9-13,17H2,1-3H3,(H,37,38,42). The third-order valence-electron chi connectivity index (χ3n) is 8.18. The van der Waals surface area contributed by atoms with Gasteiger partial charge in [0.1, 0.15) is 17.6 Å². The zero-order valence-corrected chi connectivity index (χ0v) is 26.8. The fourth-order valence-electron chi connectivity index (χ4n) is 5.55. The molecule has 2 aliphatic heterocycles. The molecule has 2 fully saturated rings. The maximum atomic E-state index is 13.6. The van der Waals surface area contributed by atoms with Crippen LogP contribution in [0.2, 0.25) is 5.02 Å². The number of alkyl halides is 3. The van der Waals surface area contributed by atoms with Gasteiger partial charge in [0.05, 0.1) is 35.3 Å². The third kappa shape index (κ3) is 7.74. The predicted octanol–water partition coefficient (Wildman–Crippen LogP) is 5.58. The Labute approximate surface area is 268 Å². The zero-order chi connectivity index (χ0) is 32.3. The number of ether oxygens (including phenoxy) is 1. The van der Waals surface area contributed by atoms with Crippen molar-refractivity contribution in [1.29, 1.82) is 0 Å². The molecule has 2 atom stereocenters. The van der Waals surface area contributed by atoms with Gasteiger partial charge in [-0.2, -0.15) is 13.2 Å². The number of carbonyl (C=O) groups excluding carboxylic acids is 2. The molecule has 15 heteroatoms. The van der Waals surface area contributed by atoms with Crippen LogP contribution in [0.1, 0.15) is 54.5 Å². The molecule has 1 N–H and O–H groups in total. The topological polar surface area (TPSA) is 104 Å². The molecule has 2 aliphatic rings. The predicted molar refractivity (Wildman–Crippen MR) is 167 cm³/mol. The molecule has 2 saturated heterocycles. The SMILES string of the molecule is CCOC(=O)C(C)N1CCN(c2cnc(C(=O)Nc3nc(-c4ccc(Cl)c(C(F)(F)F)c4)c(CN4CCCC4C)s3)cn2)CC1. The van der Waals surface area contributed by atoms with Crippen LogP contribution in [0.25, 0.3) is 11.3 Å². The number of nitrogens with zero attached hydrogens (tertiary/aromatic N) is 6. The summed E-state index contributed by atoms with van der Waals surface area (Å²) in [5, 5.41) is 2.61. The Morgan fingerprint density at radius 2 is 1.91 bits per heavy atom. The average Bonchev–Trinajstić information content (AvgIpc) is 3.61. The third-order valence-corrected chi connectivity index (χ3v) is 9.47. The van der Waals surface area contributed by atoms with Crippen molar-refractivity contribution in [3.8, 4) is 11.3 Å². The minimum Gasteiger partial charge on any atom is -0.465 e. The Balaban J connectivity index is 1.29. The van der Waals surface area contributed by atoms with Gasteiger partial charge >= 0.3 is 12.1 Å². The van der Waals surface area contributed by atoms with Gasteiger partial charge in [-0.1, -0.05) is 29.0 Å². The minimum atomic E-state index is -4.62. The molecular weight excluding hydrogens is 631 g/mol. The maximum Gasteiger partial charge on any atom is 0.417 e. The molecule has 1 amide bonds. The summed E-state index contributed by atoms with van der Waals surface area (Å²) in [7, 11) is 0. The van der Waals surface area contributed by atoms with E-state index < -0.39 is 17.6 Å². The van der Waals surface area contributed by atoms with Crippen LogP contribution in [-0.4, -0.2) is 88.0 Å². The number of amides is 1. The zero-order valence-electron chi connectivity index (χ0n) is 25.2. The van der Waals surface area contributed by atoms with Crippen molar-refractivity contribution in [2.24, 2.45) is 0 Å². The van der Waals surface area contributed by atoms with E-state index in [1.165, 1.54) is 35.9 Å². The van der Waals surface area contributed by atoms with Crippen molar-refractivity contribution in [3.63, 3.8) is 0 Å². The smallest absolute Gasteiger partial charge is 0.417 e. The summed E-state index contributed by atoms with van der Waals surface area (Å²) in [6.45, 7) is 9.99. The molecule has 4 heterocycles. The number of benzene rings is 1. The second kappa shape index (κ2) is 14.0. The van der Waals surface area contributed by atoms with Crippen molar-refractivity contribution in [3.05, 3.63) is 51.7 Å². The van der Waals surface area contributed by atoms with E-state index in [2.05, 4.69) is 37.0 Å². The minimum absolute atomic E-state index is 0.0747. The summed E-state index contributed by atoms with van der Waals surface area (Å²) in [4.78, 5) is 45.6. The first-order chi connectivity index (χ1) is 21.4. The lowest BCUT2D eigenvalue weighted by atomic mass is 10.1. The van der Waals surface area contributed by atoms with Gasteiger partial charge in [-0.05, 0) is 52.3 Å². The number of halogens is 4. The Kier molecular flexibility index (Phi) is 10.3. The molecular formula is C30H35ClF3N7O3S. The van der Waals surface area contributed by atoms with Crippen LogP contribution < -0.4 is 10.2 Å². The van der Waals surface area contributed by atoms with Gasteiger partial charge in [0, 0.05) is 49.2 Å². The first kappa shape index (κ1) is 33.0. The number of rotatable bonds is 9. The second-order valence-corrected chi connectivity index (χ2v) is 12.6. The van der Waals surface area contributed by atoms with Gasteiger partial charge in [0.2, 0.25) is 0 Å². The molecule has 0 radical (unpaired) electrons. The number of hydrogen-bond acceptors (Lipinski definition) is 10. The van der Waals surface area contributed by atoms with Crippen LogP contribution in [-0.2, 0) is 22.3 Å². The number of hydrogen-bond donors (Lipinski definition) is 1. The highest BCUT2D eigenvalue weighted by atomic mass is 35.5. The molecule has 10 nitrogen and oxygen atoms in total. The summed E-state index contributed by atoms with van der Waals surface area (Å²) in [6, 6.07) is 3.73. The van der Waals surface area contributed by atoms with Gasteiger partial charge in [0.25, 0.3) is 5.91 Å². The van der Waals surface area contributed by atoms with Crippen molar-refractivity contribution < 1.29 is 27.5 Å². The van der Waals surface area contributed by atoms with E-state index in [4.69, 9.17) is 16.3 Å². The molecule has 2 aromatic heterocycles. The quantitative estimate of drug-likeness (QED) is 0.293. The second-order valence-electron chi connectivity index (χ2n) is 11.1. The largest absolute Gasteiger partial charge is 0.465 e. The summed E-state index contributed by atoms with van der Waals surface area (Å²) in [5.74, 6) is -0.169. The van der Waals surface area contributed by atoms with Crippen molar-refractivity contribution in [2.45, 2.75) is 58.4 Å². The van der Waals surface area contributed by atoms with E-state index in [-0.39, 0.29) is 33.4 Å². The van der Waals surface area contributed by atoms with E-state index in [0.29, 0.717) is 56.9 Å². The number of carbonyl (C=O) groups is 2. The van der Waals surface area contributed by atoms with E-state index in [0.717, 1.165) is 30.3 Å². The van der Waals surface area contributed by atoms with E-state index in [1.54, 1.807) is 6.92 Å². The average molecular weight is 666 g/mol. The summed E-state index contributed by atoms with van der Waals surface area (Å²) < 4.78 is 46.0. The van der Waals surface area contributed by atoms with Crippen LogP contribution in [0, 0.1) is 0 Å². The number of anilines is 2. The van der Waals surface area contributed by atoms with Gasteiger partial charge in [-0.25, -0.2) is 15.0 Å². The summed E-state index contributed by atoms with van der Waals surface area (Å²) in [5.41, 5.74) is -0.225. The highest BCUT2D eigenvalue weighted by Crippen LogP contribution is 2.40. The molecule has 242 valence electrons. The normalized spacial score (nSPS) is 18.6. The number of nitrogens with one attached hydrogen (secondary N) is 1. The van der Waals surface area contributed by atoms with E-state index in [9.17, 15) is 22.8 Å². The van der Waals surface area contributed by atoms with E-state index in [1.807, 2.05) is 11.8 Å². The lowest BCUT2D eigenvalue weighted by molar-refractivity contribution is -0.149. The van der Waals surface area contributed by atoms with Gasteiger partial charge in [-0.3, -0.25) is 24.7 Å². The Morgan fingerprint density at radius 1 is 1.16 bits per heavy atom. The fraction of sp³-hybridized carbons (Fsp3) is 0.500. The first-order valence-corrected chi connectivity index (χ1v) is 16.0. The van der Waals surface area contributed by atoms with Crippen LogP contribution in [0.15, 0.2) is 30.6 Å². The molecule has 1 aromatic carbocycles. The lowest BCUT2D eigenvalue weighted by Crippen LogP contribution is -2.52. The van der Waals surface area contributed by atoms with Crippen molar-refractivity contribution >= 4 is 45.8 Å². The molecule has 5 rings (SSSR count). The van der Waals surface area contributed by atoms with Gasteiger partial charge < -0.3 is 9.64 Å². The van der Waals surface area contributed by atoms with E-state index >= 15 is 0 Å². The summed E-state index contributed by atoms with van der Waals surface area (Å²) in [6.07, 6.45) is 0.361. The number of likely N-dealkylation sites (tertiary alicyclic amines) is 1. The number of esters is 1. The van der Waals surface area contributed by atoms with Crippen LogP contribution in [0.5, 0.6) is 0 Å². The molecule has 0 bridgehead atoms. The molecule has 0 spiro atoms. The van der Waals surface area contributed by atoms with Crippen molar-refractivity contribution in [2.75, 3.05) is 49.5 Å². The van der Waals surface area contributed by atoms with Crippen LogP contribution >= 0.6 is 22.9 Å². The van der Waals surface area contributed by atoms with Crippen LogP contribution in [0.4, 0.5) is 24.1 Å². The number of aromatic nitrogens is 3. The monoisotopic (exact) mass is 665 g/mol. The molecule has 2 unspecified atom stereocenters. The first-order valence-electron chi connectivity index (χ1n) is 14.8. The van der Waals surface area contributed by atoms with Crippen molar-refractivity contribution in [1.82, 2.24) is 24.8 Å². The molecule has 0 saturated carbocycles. The Hall–Kier alpha value is -3.33. The van der Waals surface area contributed by atoms with Crippen LogP contribution in [0.3, 0.4) is 0 Å². The molecule has 45 heavy (non-hydrogen) atoms. The maximum absolute atomic E-state index is 13.6. The fourth-order valence-corrected chi connectivity index (χ4v) is 6.78. The highest BCUT2D eigenvalue weighted by molar-refractivity contribution is 7.16. The Morgan fingerprint density at radius 3 is 2.53 bits per heavy atom. The molecule has 3 aromatic rings. The Bertz CT molecular complexity index is 1510.